The van der Waals surface area contributed by atoms with E-state index in [9.17, 15) is 4.79 Å². The molecule has 1 aliphatic heterocycles. The van der Waals surface area contributed by atoms with Crippen LogP contribution in [0.4, 0.5) is 0 Å². The van der Waals surface area contributed by atoms with E-state index in [1.807, 2.05) is 12.1 Å². The molecular formula is C19H28O4. The molecule has 0 unspecified atom stereocenters. The van der Waals surface area contributed by atoms with Gasteiger partial charge in [0.15, 0.2) is 0 Å². The molecule has 0 saturated carbocycles. The number of hydrogen-bond donors (Lipinski definition) is 0. The predicted octanol–water partition coefficient (Wildman–Crippen LogP) is 4.39. The first-order valence-corrected chi connectivity index (χ1v) is 8.59. The van der Waals surface area contributed by atoms with E-state index in [0.717, 1.165) is 30.6 Å². The van der Waals surface area contributed by atoms with Crippen LogP contribution in [0.2, 0.25) is 0 Å². The van der Waals surface area contributed by atoms with E-state index in [-0.39, 0.29) is 5.97 Å². The standard InChI is InChI=1S/C19H28O4/c1-13(2)7-8-19(20)23-18-11-15(22-12-14(3)4)10-17-16(18)6-5-9-21-17/h10-11,13-14H,5-9,12H2,1-4H3. The highest BCUT2D eigenvalue weighted by Crippen LogP contribution is 2.37. The summed E-state index contributed by atoms with van der Waals surface area (Å²) < 4.78 is 17.1. The van der Waals surface area contributed by atoms with Crippen LogP contribution in [0.3, 0.4) is 0 Å². The van der Waals surface area contributed by atoms with Crippen molar-refractivity contribution in [2.45, 2.75) is 53.4 Å². The number of fused-ring (bicyclic) bond motifs is 1. The molecule has 0 N–H and O–H groups in total. The van der Waals surface area contributed by atoms with Crippen molar-refractivity contribution in [1.82, 2.24) is 0 Å². The lowest BCUT2D eigenvalue weighted by molar-refractivity contribution is -0.134. The number of esters is 1. The van der Waals surface area contributed by atoms with E-state index < -0.39 is 0 Å². The maximum atomic E-state index is 12.1. The fraction of sp³-hybridized carbons (Fsp3) is 0.632. The van der Waals surface area contributed by atoms with Crippen LogP contribution in [0.5, 0.6) is 17.2 Å². The Morgan fingerprint density at radius 2 is 2.00 bits per heavy atom. The molecule has 1 aromatic rings. The van der Waals surface area contributed by atoms with E-state index >= 15 is 0 Å². The largest absolute Gasteiger partial charge is 0.493 e. The molecule has 0 atom stereocenters. The van der Waals surface area contributed by atoms with Crippen molar-refractivity contribution in [1.29, 1.82) is 0 Å². The summed E-state index contributed by atoms with van der Waals surface area (Å²) >= 11 is 0. The van der Waals surface area contributed by atoms with Crippen molar-refractivity contribution in [2.75, 3.05) is 13.2 Å². The van der Waals surface area contributed by atoms with Gasteiger partial charge in [-0.1, -0.05) is 27.7 Å². The molecule has 0 fully saturated rings. The van der Waals surface area contributed by atoms with Crippen LogP contribution in [0.25, 0.3) is 0 Å². The van der Waals surface area contributed by atoms with Gasteiger partial charge in [0.25, 0.3) is 0 Å². The Balaban J connectivity index is 2.14. The van der Waals surface area contributed by atoms with Gasteiger partial charge < -0.3 is 14.2 Å². The number of carbonyl (C=O) groups is 1. The Bertz CT molecular complexity index is 534. The normalized spacial score (nSPS) is 13.7. The zero-order valence-corrected chi connectivity index (χ0v) is 14.7. The van der Waals surface area contributed by atoms with Gasteiger partial charge in [-0.2, -0.15) is 0 Å². The van der Waals surface area contributed by atoms with Crippen LogP contribution in [0.1, 0.15) is 52.5 Å². The second-order valence-corrected chi connectivity index (χ2v) is 6.96. The molecule has 4 nitrogen and oxygen atoms in total. The molecule has 0 bridgehead atoms. The monoisotopic (exact) mass is 320 g/mol. The van der Waals surface area contributed by atoms with Crippen LogP contribution in [0.15, 0.2) is 12.1 Å². The Labute approximate surface area is 139 Å². The van der Waals surface area contributed by atoms with Crippen LogP contribution in [0, 0.1) is 11.8 Å². The summed E-state index contributed by atoms with van der Waals surface area (Å²) in [7, 11) is 0. The van der Waals surface area contributed by atoms with Gasteiger partial charge in [-0.15, -0.1) is 0 Å². The molecule has 23 heavy (non-hydrogen) atoms. The maximum absolute atomic E-state index is 12.1. The lowest BCUT2D eigenvalue weighted by Crippen LogP contribution is -2.15. The van der Waals surface area contributed by atoms with Gasteiger partial charge >= 0.3 is 5.97 Å². The van der Waals surface area contributed by atoms with Gasteiger partial charge in [0.2, 0.25) is 0 Å². The first-order chi connectivity index (χ1) is 11.0. The lowest BCUT2D eigenvalue weighted by Gasteiger charge is -2.21. The molecule has 0 aromatic heterocycles. The average molecular weight is 320 g/mol. The third-order valence-electron chi connectivity index (χ3n) is 3.70. The second-order valence-electron chi connectivity index (χ2n) is 6.96. The van der Waals surface area contributed by atoms with Gasteiger partial charge in [-0.3, -0.25) is 4.79 Å². The fourth-order valence-electron chi connectivity index (χ4n) is 2.42. The van der Waals surface area contributed by atoms with Gasteiger partial charge in [-0.05, 0) is 31.1 Å². The molecule has 1 heterocycles. The minimum atomic E-state index is -0.188. The fourth-order valence-corrected chi connectivity index (χ4v) is 2.42. The SMILES string of the molecule is CC(C)CCC(=O)Oc1cc(OCC(C)C)cc2c1CCCO2. The van der Waals surface area contributed by atoms with Crippen molar-refractivity contribution in [3.63, 3.8) is 0 Å². The second kappa shape index (κ2) is 8.23. The predicted molar refractivity (Wildman–Crippen MR) is 90.3 cm³/mol. The Morgan fingerprint density at radius 3 is 2.70 bits per heavy atom. The van der Waals surface area contributed by atoms with Gasteiger partial charge in [0.1, 0.15) is 17.2 Å². The minimum absolute atomic E-state index is 0.188. The van der Waals surface area contributed by atoms with Gasteiger partial charge in [-0.25, -0.2) is 0 Å². The van der Waals surface area contributed by atoms with Crippen molar-refractivity contribution in [3.05, 3.63) is 17.7 Å². The van der Waals surface area contributed by atoms with Crippen molar-refractivity contribution >= 4 is 5.97 Å². The van der Waals surface area contributed by atoms with Crippen LogP contribution in [-0.2, 0) is 11.2 Å². The van der Waals surface area contributed by atoms with E-state index in [1.54, 1.807) is 0 Å². The third kappa shape index (κ3) is 5.45. The summed E-state index contributed by atoms with van der Waals surface area (Å²) in [5.41, 5.74) is 0.978. The number of rotatable bonds is 7. The molecule has 0 saturated heterocycles. The molecule has 0 aliphatic carbocycles. The Morgan fingerprint density at radius 1 is 1.22 bits per heavy atom. The summed E-state index contributed by atoms with van der Waals surface area (Å²) in [6, 6.07) is 3.73. The van der Waals surface area contributed by atoms with Gasteiger partial charge in [0, 0.05) is 24.1 Å². The van der Waals surface area contributed by atoms with Crippen molar-refractivity contribution in [3.8, 4) is 17.2 Å². The molecule has 4 heteroatoms. The van der Waals surface area contributed by atoms with Crippen LogP contribution >= 0.6 is 0 Å². The first-order valence-electron chi connectivity index (χ1n) is 8.59. The molecule has 2 rings (SSSR count). The van der Waals surface area contributed by atoms with E-state index in [0.29, 0.717) is 43.0 Å². The minimum Gasteiger partial charge on any atom is -0.493 e. The molecule has 1 aromatic carbocycles. The Hall–Kier alpha value is -1.71. The molecule has 0 spiro atoms. The molecular weight excluding hydrogens is 292 g/mol. The quantitative estimate of drug-likeness (QED) is 0.552. The number of benzene rings is 1. The molecule has 128 valence electrons. The lowest BCUT2D eigenvalue weighted by atomic mass is 10.0. The molecule has 0 amide bonds. The maximum Gasteiger partial charge on any atom is 0.311 e. The van der Waals surface area contributed by atoms with Crippen LogP contribution in [-0.4, -0.2) is 19.2 Å². The average Bonchev–Trinajstić information content (AvgIpc) is 2.51. The van der Waals surface area contributed by atoms with E-state index in [4.69, 9.17) is 14.2 Å². The summed E-state index contributed by atoms with van der Waals surface area (Å²) in [5, 5.41) is 0. The highest BCUT2D eigenvalue weighted by molar-refractivity contribution is 5.73. The van der Waals surface area contributed by atoms with E-state index in [2.05, 4.69) is 27.7 Å². The highest BCUT2D eigenvalue weighted by Gasteiger charge is 2.20. The highest BCUT2D eigenvalue weighted by atomic mass is 16.5. The van der Waals surface area contributed by atoms with Crippen molar-refractivity contribution < 1.29 is 19.0 Å². The zero-order chi connectivity index (χ0) is 16.8. The number of carbonyl (C=O) groups excluding carboxylic acids is 1. The number of hydrogen-bond acceptors (Lipinski definition) is 4. The first kappa shape index (κ1) is 17.6. The summed E-state index contributed by atoms with van der Waals surface area (Å²) in [6.45, 7) is 9.72. The smallest absolute Gasteiger partial charge is 0.311 e. The number of ether oxygens (including phenoxy) is 3. The van der Waals surface area contributed by atoms with Crippen molar-refractivity contribution in [2.24, 2.45) is 11.8 Å². The topological polar surface area (TPSA) is 44.8 Å². The summed E-state index contributed by atoms with van der Waals surface area (Å²) in [6.07, 6.45) is 3.08. The zero-order valence-electron chi connectivity index (χ0n) is 14.7. The van der Waals surface area contributed by atoms with Crippen LogP contribution < -0.4 is 14.2 Å². The van der Waals surface area contributed by atoms with E-state index in [1.165, 1.54) is 0 Å². The third-order valence-corrected chi connectivity index (χ3v) is 3.70. The molecule has 0 radical (unpaired) electrons. The summed E-state index contributed by atoms with van der Waals surface area (Å²) in [4.78, 5) is 12.1. The summed E-state index contributed by atoms with van der Waals surface area (Å²) in [5.74, 6) is 2.81. The van der Waals surface area contributed by atoms with Gasteiger partial charge in [0.05, 0.1) is 13.2 Å². The Kier molecular flexibility index (Phi) is 6.31. The molecule has 1 aliphatic rings.